The van der Waals surface area contributed by atoms with Crippen LogP contribution in [-0.2, 0) is 11.8 Å². The topological polar surface area (TPSA) is 38.9 Å². The second-order valence-electron chi connectivity index (χ2n) is 5.22. The summed E-state index contributed by atoms with van der Waals surface area (Å²) in [7, 11) is 0. The van der Waals surface area contributed by atoms with Gasteiger partial charge in [-0.2, -0.15) is 0 Å². The van der Waals surface area contributed by atoms with Crippen molar-refractivity contribution < 1.29 is 0 Å². The molecule has 1 saturated carbocycles. The van der Waals surface area contributed by atoms with Crippen LogP contribution in [0.15, 0.2) is 48.8 Å². The number of benzene rings is 1. The molecule has 2 nitrogen and oxygen atoms in total. The average molecular weight is 238 g/mol. The largest absolute Gasteiger partial charge is 0.330 e. The van der Waals surface area contributed by atoms with Crippen LogP contribution in [0, 0.1) is 0 Å². The summed E-state index contributed by atoms with van der Waals surface area (Å²) in [6, 6.07) is 13.0. The normalized spacial score (nSPS) is 16.5. The number of nitrogens with two attached hydrogens (primary N) is 1. The van der Waals surface area contributed by atoms with Crippen LogP contribution in [-0.4, -0.2) is 11.5 Å². The van der Waals surface area contributed by atoms with Gasteiger partial charge in [0.2, 0.25) is 0 Å². The van der Waals surface area contributed by atoms with Gasteiger partial charge in [-0.25, -0.2) is 0 Å². The van der Waals surface area contributed by atoms with E-state index in [4.69, 9.17) is 5.73 Å². The van der Waals surface area contributed by atoms with E-state index in [2.05, 4.69) is 41.4 Å². The van der Waals surface area contributed by atoms with Crippen LogP contribution >= 0.6 is 0 Å². The molecule has 1 aromatic carbocycles. The van der Waals surface area contributed by atoms with Gasteiger partial charge in [0.25, 0.3) is 0 Å². The lowest BCUT2D eigenvalue weighted by Crippen LogP contribution is -2.19. The van der Waals surface area contributed by atoms with Crippen LogP contribution in [0.1, 0.15) is 29.5 Å². The predicted octanol–water partition coefficient (Wildman–Crippen LogP) is 2.66. The van der Waals surface area contributed by atoms with E-state index in [9.17, 15) is 0 Å². The molecule has 1 heterocycles. The monoisotopic (exact) mass is 238 g/mol. The molecule has 92 valence electrons. The van der Waals surface area contributed by atoms with E-state index in [1.807, 2.05) is 12.4 Å². The first-order chi connectivity index (χ1) is 8.82. The molecule has 3 rings (SSSR count). The molecule has 0 saturated heterocycles. The van der Waals surface area contributed by atoms with Gasteiger partial charge in [-0.05, 0) is 48.1 Å². The molecule has 0 atom stereocenters. The van der Waals surface area contributed by atoms with Gasteiger partial charge in [0, 0.05) is 24.4 Å². The van der Waals surface area contributed by atoms with Crippen molar-refractivity contribution in [3.8, 4) is 0 Å². The highest BCUT2D eigenvalue weighted by atomic mass is 14.7. The first-order valence-corrected chi connectivity index (χ1v) is 6.51. The second kappa shape index (κ2) is 4.54. The zero-order chi connectivity index (χ0) is 12.4. The summed E-state index contributed by atoms with van der Waals surface area (Å²) in [5.74, 6) is 0. The van der Waals surface area contributed by atoms with Gasteiger partial charge in [0.05, 0.1) is 0 Å². The third-order valence-electron chi connectivity index (χ3n) is 3.94. The number of pyridine rings is 1. The average Bonchev–Trinajstić information content (AvgIpc) is 3.21. The Kier molecular flexibility index (Phi) is 2.88. The Bertz CT molecular complexity index is 530. The van der Waals surface area contributed by atoms with Crippen molar-refractivity contribution in [2.45, 2.75) is 24.7 Å². The summed E-state index contributed by atoms with van der Waals surface area (Å²) in [5.41, 5.74) is 10.3. The van der Waals surface area contributed by atoms with E-state index < -0.39 is 0 Å². The molecule has 2 heteroatoms. The van der Waals surface area contributed by atoms with Gasteiger partial charge < -0.3 is 5.73 Å². The lowest BCUT2D eigenvalue weighted by molar-refractivity contribution is 0.703. The summed E-state index contributed by atoms with van der Waals surface area (Å²) >= 11 is 0. The Hall–Kier alpha value is -1.67. The highest BCUT2D eigenvalue weighted by molar-refractivity contribution is 5.36. The molecule has 0 spiro atoms. The maximum Gasteiger partial charge on any atom is 0.0270 e. The maximum absolute atomic E-state index is 5.90. The maximum atomic E-state index is 5.90. The van der Waals surface area contributed by atoms with Gasteiger partial charge in [-0.3, -0.25) is 4.98 Å². The fourth-order valence-electron chi connectivity index (χ4n) is 2.51. The molecule has 1 aromatic heterocycles. The smallest absolute Gasteiger partial charge is 0.0270 e. The molecule has 0 bridgehead atoms. The van der Waals surface area contributed by atoms with Crippen molar-refractivity contribution in [3.63, 3.8) is 0 Å². The Labute approximate surface area is 108 Å². The quantitative estimate of drug-likeness (QED) is 0.889. The standard InChI is InChI=1S/C16H18N2/c17-12-16(6-7-16)15-3-1-2-14(11-15)10-13-4-8-18-9-5-13/h1-5,8-9,11H,6-7,10,12,17H2. The number of aromatic nitrogens is 1. The molecular formula is C16H18N2. The molecule has 2 aromatic rings. The minimum absolute atomic E-state index is 0.286. The fourth-order valence-corrected chi connectivity index (χ4v) is 2.51. The molecule has 1 fully saturated rings. The summed E-state index contributed by atoms with van der Waals surface area (Å²) in [5, 5.41) is 0. The van der Waals surface area contributed by atoms with E-state index in [0.717, 1.165) is 13.0 Å². The minimum atomic E-state index is 0.286. The van der Waals surface area contributed by atoms with E-state index in [0.29, 0.717) is 0 Å². The Morgan fingerprint density at radius 2 is 1.83 bits per heavy atom. The molecule has 0 radical (unpaired) electrons. The van der Waals surface area contributed by atoms with Crippen LogP contribution in [0.5, 0.6) is 0 Å². The lowest BCUT2D eigenvalue weighted by Gasteiger charge is -2.14. The first kappa shape index (κ1) is 11.4. The van der Waals surface area contributed by atoms with Crippen LogP contribution in [0.4, 0.5) is 0 Å². The number of nitrogens with zero attached hydrogens (tertiary/aromatic N) is 1. The number of hydrogen-bond acceptors (Lipinski definition) is 2. The molecule has 1 aliphatic carbocycles. The van der Waals surface area contributed by atoms with Gasteiger partial charge in [0.15, 0.2) is 0 Å². The summed E-state index contributed by atoms with van der Waals surface area (Å²) in [4.78, 5) is 4.05. The van der Waals surface area contributed by atoms with Crippen molar-refractivity contribution in [3.05, 3.63) is 65.5 Å². The van der Waals surface area contributed by atoms with E-state index >= 15 is 0 Å². The molecule has 0 amide bonds. The third-order valence-corrected chi connectivity index (χ3v) is 3.94. The Morgan fingerprint density at radius 1 is 1.06 bits per heavy atom. The van der Waals surface area contributed by atoms with Crippen LogP contribution in [0.25, 0.3) is 0 Å². The fraction of sp³-hybridized carbons (Fsp3) is 0.312. The number of hydrogen-bond donors (Lipinski definition) is 1. The first-order valence-electron chi connectivity index (χ1n) is 6.51. The molecule has 18 heavy (non-hydrogen) atoms. The molecule has 0 aliphatic heterocycles. The highest BCUT2D eigenvalue weighted by Crippen LogP contribution is 2.47. The van der Waals surface area contributed by atoms with Gasteiger partial charge >= 0.3 is 0 Å². The Morgan fingerprint density at radius 3 is 2.50 bits per heavy atom. The van der Waals surface area contributed by atoms with Gasteiger partial charge in [-0.1, -0.05) is 24.3 Å². The Balaban J connectivity index is 1.84. The van der Waals surface area contributed by atoms with Crippen LogP contribution in [0.2, 0.25) is 0 Å². The summed E-state index contributed by atoms with van der Waals surface area (Å²) in [6.45, 7) is 0.770. The highest BCUT2D eigenvalue weighted by Gasteiger charge is 2.42. The minimum Gasteiger partial charge on any atom is -0.330 e. The van der Waals surface area contributed by atoms with Crippen molar-refractivity contribution >= 4 is 0 Å². The second-order valence-corrected chi connectivity index (χ2v) is 5.22. The number of rotatable bonds is 4. The van der Waals surface area contributed by atoms with Gasteiger partial charge in [-0.15, -0.1) is 0 Å². The zero-order valence-electron chi connectivity index (χ0n) is 10.5. The third kappa shape index (κ3) is 2.16. The van der Waals surface area contributed by atoms with Crippen LogP contribution < -0.4 is 5.73 Å². The van der Waals surface area contributed by atoms with Crippen molar-refractivity contribution in [2.24, 2.45) is 5.73 Å². The summed E-state index contributed by atoms with van der Waals surface area (Å²) < 4.78 is 0. The molecule has 2 N–H and O–H groups in total. The van der Waals surface area contributed by atoms with Crippen molar-refractivity contribution in [1.29, 1.82) is 0 Å². The van der Waals surface area contributed by atoms with Crippen LogP contribution in [0.3, 0.4) is 0 Å². The lowest BCUT2D eigenvalue weighted by atomic mass is 9.93. The van der Waals surface area contributed by atoms with E-state index in [1.165, 1.54) is 29.5 Å². The van der Waals surface area contributed by atoms with Gasteiger partial charge in [0.1, 0.15) is 0 Å². The molecular weight excluding hydrogens is 220 g/mol. The van der Waals surface area contributed by atoms with Crippen molar-refractivity contribution in [2.75, 3.05) is 6.54 Å². The summed E-state index contributed by atoms with van der Waals surface area (Å²) in [6.07, 6.45) is 7.14. The van der Waals surface area contributed by atoms with E-state index in [1.54, 1.807) is 0 Å². The predicted molar refractivity (Wildman–Crippen MR) is 73.5 cm³/mol. The van der Waals surface area contributed by atoms with Crippen molar-refractivity contribution in [1.82, 2.24) is 4.98 Å². The molecule has 1 aliphatic rings. The SMILES string of the molecule is NCC1(c2cccc(Cc3ccncc3)c2)CC1. The van der Waals surface area contributed by atoms with E-state index in [-0.39, 0.29) is 5.41 Å². The molecule has 0 unspecified atom stereocenters. The zero-order valence-corrected chi connectivity index (χ0v) is 10.5.